The summed E-state index contributed by atoms with van der Waals surface area (Å²) >= 11 is 0. The quantitative estimate of drug-likeness (QED) is 0.196. The second kappa shape index (κ2) is 11.4. The summed E-state index contributed by atoms with van der Waals surface area (Å²) in [5, 5.41) is 36.6. The number of hydrogen-bond acceptors (Lipinski definition) is 8. The van der Waals surface area contributed by atoms with Crippen molar-refractivity contribution < 1.29 is 43.9 Å². The highest BCUT2D eigenvalue weighted by Gasteiger charge is 2.59. The molecular weight excluding hydrogens is 402 g/mol. The number of carboxylic acid groups (broad SMARTS) is 1. The van der Waals surface area contributed by atoms with Crippen LogP contribution < -0.4 is 16.0 Å². The van der Waals surface area contributed by atoms with E-state index >= 15 is 0 Å². The highest BCUT2D eigenvalue weighted by molar-refractivity contribution is 5.75. The van der Waals surface area contributed by atoms with Crippen LogP contribution in [0, 0.1) is 0 Å². The van der Waals surface area contributed by atoms with E-state index < -0.39 is 36.2 Å². The Morgan fingerprint density at radius 2 is 1.87 bits per heavy atom. The molecule has 0 radical (unpaired) electrons. The van der Waals surface area contributed by atoms with Crippen LogP contribution in [0.3, 0.4) is 0 Å². The van der Waals surface area contributed by atoms with Gasteiger partial charge in [-0.2, -0.15) is 0 Å². The maximum atomic E-state index is 11.7. The average molecular weight is 433 g/mol. The van der Waals surface area contributed by atoms with Crippen molar-refractivity contribution in [3.63, 3.8) is 0 Å². The fourth-order valence-electron chi connectivity index (χ4n) is 3.41. The van der Waals surface area contributed by atoms with E-state index in [4.69, 9.17) is 19.3 Å². The van der Waals surface area contributed by atoms with E-state index in [2.05, 4.69) is 16.0 Å². The number of nitrogens with one attached hydrogen (secondary N) is 3. The van der Waals surface area contributed by atoms with Crippen LogP contribution in [0.2, 0.25) is 0 Å². The van der Waals surface area contributed by atoms with Crippen molar-refractivity contribution in [3.8, 4) is 0 Å². The number of hydrogen-bond donors (Lipinski definition) is 6. The second-order valence-electron chi connectivity index (χ2n) is 7.47. The maximum Gasteiger partial charge on any atom is 0.404 e. The van der Waals surface area contributed by atoms with Gasteiger partial charge in [-0.05, 0) is 19.3 Å². The summed E-state index contributed by atoms with van der Waals surface area (Å²) in [5.41, 5.74) is -1.19. The van der Waals surface area contributed by atoms with Gasteiger partial charge in [0.25, 0.3) is 0 Å². The summed E-state index contributed by atoms with van der Waals surface area (Å²) in [7, 11) is 0. The molecule has 6 N–H and O–H groups in total. The minimum Gasteiger partial charge on any atom is -0.465 e. The summed E-state index contributed by atoms with van der Waals surface area (Å²) in [6.07, 6.45) is -2.42. The lowest BCUT2D eigenvalue weighted by atomic mass is 9.88. The predicted molar refractivity (Wildman–Crippen MR) is 101 cm³/mol. The number of carbonyl (C=O) groups excluding carboxylic acids is 2. The fraction of sp³-hybridized carbons (Fsp3) is 0.833. The molecule has 5 atom stereocenters. The summed E-state index contributed by atoms with van der Waals surface area (Å²) in [4.78, 5) is 33.2. The van der Waals surface area contributed by atoms with Gasteiger partial charge in [0.1, 0.15) is 23.9 Å². The van der Waals surface area contributed by atoms with E-state index in [9.17, 15) is 24.6 Å². The molecule has 12 heteroatoms. The molecule has 0 aromatic rings. The summed E-state index contributed by atoms with van der Waals surface area (Å²) in [5.74, 6) is -0.482. The summed E-state index contributed by atoms with van der Waals surface area (Å²) in [6, 6.07) is -0.855. The number of aliphatic hydroxyl groups excluding tert-OH is 2. The number of ether oxygens (including phenoxy) is 3. The number of aliphatic hydroxyl groups is 2. The van der Waals surface area contributed by atoms with E-state index in [0.29, 0.717) is 38.8 Å². The SMILES string of the molecule is CC(=O)N[C@H]1[C@H]2OC[C@](COCCCCC(=O)NCCCNC(=O)O)(O2)[C@H](O)[C@@H]1O. The van der Waals surface area contributed by atoms with Gasteiger partial charge in [0.05, 0.1) is 13.2 Å². The van der Waals surface area contributed by atoms with Crippen LogP contribution >= 0.6 is 0 Å². The van der Waals surface area contributed by atoms with Gasteiger partial charge in [0.15, 0.2) is 6.29 Å². The highest BCUT2D eigenvalue weighted by atomic mass is 16.7. The molecular formula is C18H31N3O9. The third-order valence-electron chi connectivity index (χ3n) is 4.98. The van der Waals surface area contributed by atoms with Crippen molar-refractivity contribution >= 4 is 17.9 Å². The molecule has 0 saturated carbocycles. The van der Waals surface area contributed by atoms with E-state index in [0.717, 1.165) is 0 Å². The van der Waals surface area contributed by atoms with Crippen molar-refractivity contribution in [2.75, 3.05) is 32.9 Å². The average Bonchev–Trinajstić information content (AvgIpc) is 3.08. The summed E-state index contributed by atoms with van der Waals surface area (Å²) in [6.45, 7) is 2.36. The molecule has 2 bridgehead atoms. The number of rotatable bonds is 12. The van der Waals surface area contributed by atoms with Crippen LogP contribution in [0.1, 0.15) is 32.6 Å². The first-order chi connectivity index (χ1) is 14.2. The van der Waals surface area contributed by atoms with Crippen LogP contribution in [0.4, 0.5) is 4.79 Å². The van der Waals surface area contributed by atoms with Crippen molar-refractivity contribution in [3.05, 3.63) is 0 Å². The molecule has 0 aliphatic carbocycles. The van der Waals surface area contributed by atoms with Gasteiger partial charge < -0.3 is 45.5 Å². The minimum absolute atomic E-state index is 0.0112. The first-order valence-electron chi connectivity index (χ1n) is 9.99. The lowest BCUT2D eigenvalue weighted by Crippen LogP contribution is -2.66. The number of fused-ring (bicyclic) bond motifs is 2. The van der Waals surface area contributed by atoms with E-state index in [1.807, 2.05) is 0 Å². The zero-order valence-electron chi connectivity index (χ0n) is 17.0. The Labute approximate surface area is 174 Å². The van der Waals surface area contributed by atoms with Gasteiger partial charge >= 0.3 is 6.09 Å². The Bertz CT molecular complexity index is 605. The first kappa shape index (κ1) is 24.3. The summed E-state index contributed by atoms with van der Waals surface area (Å²) < 4.78 is 16.8. The molecule has 12 nitrogen and oxygen atoms in total. The van der Waals surface area contributed by atoms with E-state index in [1.165, 1.54) is 6.92 Å². The molecule has 0 aromatic carbocycles. The zero-order valence-corrected chi connectivity index (χ0v) is 17.0. The smallest absolute Gasteiger partial charge is 0.404 e. The topological polar surface area (TPSA) is 176 Å². The van der Waals surface area contributed by atoms with Gasteiger partial charge in [-0.1, -0.05) is 0 Å². The maximum absolute atomic E-state index is 11.7. The van der Waals surface area contributed by atoms with Crippen LogP contribution in [0.15, 0.2) is 0 Å². The van der Waals surface area contributed by atoms with Crippen molar-refractivity contribution in [1.82, 2.24) is 16.0 Å². The monoisotopic (exact) mass is 433 g/mol. The van der Waals surface area contributed by atoms with Gasteiger partial charge in [-0.15, -0.1) is 0 Å². The minimum atomic E-state index is -1.28. The Balaban J connectivity index is 1.59. The van der Waals surface area contributed by atoms with Crippen LogP contribution in [-0.4, -0.2) is 96.3 Å². The largest absolute Gasteiger partial charge is 0.465 e. The zero-order chi connectivity index (χ0) is 22.1. The van der Waals surface area contributed by atoms with E-state index in [1.54, 1.807) is 0 Å². The lowest BCUT2D eigenvalue weighted by Gasteiger charge is -2.42. The Morgan fingerprint density at radius 1 is 1.13 bits per heavy atom. The molecule has 0 spiro atoms. The molecule has 2 saturated heterocycles. The molecule has 2 heterocycles. The Kier molecular flexibility index (Phi) is 9.24. The third kappa shape index (κ3) is 6.77. The number of carbonyl (C=O) groups is 3. The molecule has 3 amide bonds. The van der Waals surface area contributed by atoms with Gasteiger partial charge in [0.2, 0.25) is 11.8 Å². The van der Waals surface area contributed by atoms with Crippen molar-refractivity contribution in [2.24, 2.45) is 0 Å². The second-order valence-corrected chi connectivity index (χ2v) is 7.47. The van der Waals surface area contributed by atoms with Crippen molar-refractivity contribution in [1.29, 1.82) is 0 Å². The molecule has 2 rings (SSSR count). The number of amides is 3. The van der Waals surface area contributed by atoms with Crippen LogP contribution in [-0.2, 0) is 23.8 Å². The standard InChI is InChI=1S/C18H31N3O9/c1-11(22)21-13-14(24)15(25)18(10-29-16(13)30-18)9-28-8-3-2-5-12(23)19-6-4-7-20-17(26)27/h13-16,20,24-25H,2-10H2,1H3,(H,19,23)(H,21,22)(H,26,27)/t13-,14-,15-,16+,18+/m1/s1. The predicted octanol–water partition coefficient (Wildman–Crippen LogP) is -1.70. The van der Waals surface area contributed by atoms with Gasteiger partial charge in [-0.25, -0.2) is 4.79 Å². The Hall–Kier alpha value is -1.99. The fourth-order valence-corrected chi connectivity index (χ4v) is 3.41. The van der Waals surface area contributed by atoms with Crippen LogP contribution in [0.5, 0.6) is 0 Å². The van der Waals surface area contributed by atoms with Crippen molar-refractivity contribution in [2.45, 2.75) is 62.7 Å². The number of unbranched alkanes of at least 4 members (excludes halogenated alkanes) is 1. The van der Waals surface area contributed by atoms with E-state index in [-0.39, 0.29) is 31.6 Å². The Morgan fingerprint density at radius 3 is 2.57 bits per heavy atom. The molecule has 0 unspecified atom stereocenters. The highest BCUT2D eigenvalue weighted by Crippen LogP contribution is 2.37. The van der Waals surface area contributed by atoms with Crippen LogP contribution in [0.25, 0.3) is 0 Å². The molecule has 172 valence electrons. The van der Waals surface area contributed by atoms with Gasteiger partial charge in [0, 0.05) is 33.0 Å². The van der Waals surface area contributed by atoms with Gasteiger partial charge in [-0.3, -0.25) is 9.59 Å². The third-order valence-corrected chi connectivity index (χ3v) is 4.98. The molecule has 30 heavy (non-hydrogen) atoms. The molecule has 0 aromatic heterocycles. The molecule has 2 aliphatic heterocycles. The molecule has 2 aliphatic rings. The first-order valence-corrected chi connectivity index (χ1v) is 9.99. The molecule has 2 fully saturated rings. The lowest BCUT2D eigenvalue weighted by molar-refractivity contribution is -0.237. The normalized spacial score (nSPS) is 30.0.